The molecule has 19 heteroatoms. The lowest BCUT2D eigenvalue weighted by atomic mass is 9.73. The van der Waals surface area contributed by atoms with E-state index < -0.39 is 29.7 Å². The SMILES string of the molecule is C[C@@H](C(=O)Nc1ccc(Cl)c(OCCOCCOCCOCCOCCOCCOc2cccc3c2C(=O)N(C2CCC(=O)NC2=O)C3=O)c1)[C@@H]1CC[C@H](c2ccnc3ccc(F)cc23)C(=S)C1. The van der Waals surface area contributed by atoms with Crippen molar-refractivity contribution >= 4 is 74.8 Å². The van der Waals surface area contributed by atoms with Crippen molar-refractivity contribution in [1.82, 2.24) is 15.2 Å². The summed E-state index contributed by atoms with van der Waals surface area (Å²) in [5.41, 5.74) is 2.51. The fraction of sp³-hybridized carbons (Fsp3) is 0.449. The number of pyridine rings is 1. The van der Waals surface area contributed by atoms with Crippen LogP contribution < -0.4 is 20.1 Å². The summed E-state index contributed by atoms with van der Waals surface area (Å²) in [6.07, 6.45) is 4.04. The van der Waals surface area contributed by atoms with Crippen LogP contribution in [0.2, 0.25) is 5.02 Å². The van der Waals surface area contributed by atoms with Crippen molar-refractivity contribution in [3.63, 3.8) is 0 Å². The lowest BCUT2D eigenvalue weighted by Gasteiger charge is -2.33. The molecule has 3 heterocycles. The average Bonchev–Trinajstić information content (AvgIpc) is 3.58. The number of carbonyl (C=O) groups excluding carboxylic acids is 5. The molecule has 362 valence electrons. The summed E-state index contributed by atoms with van der Waals surface area (Å²) < 4.78 is 53.5. The summed E-state index contributed by atoms with van der Waals surface area (Å²) >= 11 is 12.3. The standard InChI is InChI=1S/C49H54ClFN4O12S/c1-30(31-5-8-35(43(68)27-31)34-13-14-52-39-10-6-32(51)28-37(34)39)46(57)53-33-7-9-38(50)42(29-33)67-26-24-65-22-20-63-18-16-61-15-17-62-19-21-64-23-25-66-41-4-2-3-36-45(41)49(60)55(48(36)59)40-11-12-44(56)54-47(40)58/h2-4,6-7,9-10,13-14,28-31,35,40H,5,8,11-12,15-27H2,1H3,(H,53,57)(H,54,56,58)/t30-,31-,35-,40?/m1/s1. The molecule has 2 fully saturated rings. The van der Waals surface area contributed by atoms with Crippen LogP contribution in [0.15, 0.2) is 66.9 Å². The van der Waals surface area contributed by atoms with Crippen LogP contribution >= 0.6 is 23.8 Å². The summed E-state index contributed by atoms with van der Waals surface area (Å²) in [5, 5.41) is 6.36. The molecule has 4 atom stereocenters. The Morgan fingerprint density at radius 1 is 0.809 bits per heavy atom. The molecule has 2 aliphatic heterocycles. The Labute approximate surface area is 403 Å². The Balaban J connectivity index is 0.679. The Morgan fingerprint density at radius 3 is 2.10 bits per heavy atom. The molecule has 68 heavy (non-hydrogen) atoms. The number of piperidine rings is 1. The number of thiocarbonyl (C=S) groups is 1. The number of rotatable bonds is 25. The van der Waals surface area contributed by atoms with E-state index in [4.69, 9.17) is 57.0 Å². The van der Waals surface area contributed by atoms with Gasteiger partial charge in [0.25, 0.3) is 11.8 Å². The predicted octanol–water partition coefficient (Wildman–Crippen LogP) is 6.50. The fourth-order valence-corrected chi connectivity index (χ4v) is 9.04. The third-order valence-corrected chi connectivity index (χ3v) is 12.8. The van der Waals surface area contributed by atoms with Gasteiger partial charge < -0.3 is 38.5 Å². The maximum atomic E-state index is 14.1. The van der Waals surface area contributed by atoms with Crippen LogP contribution in [0.25, 0.3) is 10.9 Å². The zero-order valence-corrected chi connectivity index (χ0v) is 39.2. The summed E-state index contributed by atoms with van der Waals surface area (Å²) in [6, 6.07) is 15.2. The van der Waals surface area contributed by atoms with E-state index in [1.165, 1.54) is 18.2 Å². The molecule has 1 aromatic heterocycles. The second-order valence-corrected chi connectivity index (χ2v) is 17.4. The number of halogens is 2. The topological polar surface area (TPSA) is 190 Å². The number of aromatic nitrogens is 1. The zero-order chi connectivity index (χ0) is 48.0. The molecule has 3 aromatic carbocycles. The number of ether oxygens (including phenoxy) is 7. The number of nitrogens with one attached hydrogen (secondary N) is 2. The van der Waals surface area contributed by atoms with Crippen LogP contribution in [0.4, 0.5) is 10.1 Å². The van der Waals surface area contributed by atoms with E-state index in [1.54, 1.807) is 42.6 Å². The average molecular weight is 978 g/mol. The first kappa shape index (κ1) is 50.4. The molecule has 16 nitrogen and oxygen atoms in total. The van der Waals surface area contributed by atoms with Crippen LogP contribution in [0, 0.1) is 17.7 Å². The van der Waals surface area contributed by atoms with Gasteiger partial charge in [-0.15, -0.1) is 0 Å². The number of fused-ring (bicyclic) bond motifs is 2. The van der Waals surface area contributed by atoms with Gasteiger partial charge in [-0.05, 0) is 85.7 Å². The number of imide groups is 2. The van der Waals surface area contributed by atoms with Crippen molar-refractivity contribution in [3.05, 3.63) is 94.4 Å². The van der Waals surface area contributed by atoms with Crippen molar-refractivity contribution in [1.29, 1.82) is 0 Å². The molecule has 3 aliphatic rings. The van der Waals surface area contributed by atoms with Gasteiger partial charge in [-0.2, -0.15) is 0 Å². The monoisotopic (exact) mass is 976 g/mol. The molecule has 5 amide bonds. The van der Waals surface area contributed by atoms with Crippen molar-refractivity contribution in [2.45, 2.75) is 51.0 Å². The summed E-state index contributed by atoms with van der Waals surface area (Å²) in [4.78, 5) is 69.5. The van der Waals surface area contributed by atoms with E-state index in [-0.39, 0.29) is 79.0 Å². The smallest absolute Gasteiger partial charge is 0.266 e. The van der Waals surface area contributed by atoms with Crippen molar-refractivity contribution in [2.75, 3.05) is 84.6 Å². The van der Waals surface area contributed by atoms with Crippen molar-refractivity contribution in [2.24, 2.45) is 11.8 Å². The first-order valence-corrected chi connectivity index (χ1v) is 23.4. The highest BCUT2D eigenvalue weighted by atomic mass is 35.5. The molecule has 1 saturated carbocycles. The molecule has 2 N–H and O–H groups in total. The van der Waals surface area contributed by atoms with E-state index in [1.807, 2.05) is 13.0 Å². The maximum Gasteiger partial charge on any atom is 0.266 e. The zero-order valence-electron chi connectivity index (χ0n) is 37.6. The number of hydrogen-bond donors (Lipinski definition) is 2. The highest BCUT2D eigenvalue weighted by Crippen LogP contribution is 2.40. The molecule has 4 aromatic rings. The van der Waals surface area contributed by atoms with Gasteiger partial charge in [0.1, 0.15) is 36.6 Å². The van der Waals surface area contributed by atoms with Gasteiger partial charge in [0, 0.05) is 46.5 Å². The van der Waals surface area contributed by atoms with Crippen LogP contribution in [0.3, 0.4) is 0 Å². The molecule has 1 unspecified atom stereocenters. The van der Waals surface area contributed by atoms with E-state index in [0.29, 0.717) is 82.3 Å². The highest BCUT2D eigenvalue weighted by molar-refractivity contribution is 7.80. The number of amides is 5. The Kier molecular flexibility index (Phi) is 18.3. The number of benzene rings is 3. The van der Waals surface area contributed by atoms with Gasteiger partial charge in [0.2, 0.25) is 17.7 Å². The fourth-order valence-electron chi connectivity index (χ4n) is 8.41. The molecule has 0 bridgehead atoms. The van der Waals surface area contributed by atoms with Gasteiger partial charge in [0.05, 0.1) is 87.7 Å². The first-order valence-electron chi connectivity index (χ1n) is 22.7. The summed E-state index contributed by atoms with van der Waals surface area (Å²) in [6.45, 7) is 5.66. The number of anilines is 1. The van der Waals surface area contributed by atoms with Crippen molar-refractivity contribution in [3.8, 4) is 11.5 Å². The quantitative estimate of drug-likeness (QED) is 0.0416. The normalized spacial score (nSPS) is 18.7. The largest absolute Gasteiger partial charge is 0.490 e. The second-order valence-electron chi connectivity index (χ2n) is 16.4. The van der Waals surface area contributed by atoms with Crippen LogP contribution in [0.5, 0.6) is 11.5 Å². The maximum absolute atomic E-state index is 14.1. The van der Waals surface area contributed by atoms with Crippen LogP contribution in [-0.4, -0.2) is 130 Å². The molecular weight excluding hydrogens is 923 g/mol. The number of nitrogens with zero attached hydrogens (tertiary/aromatic N) is 2. The Hall–Kier alpha value is -5.47. The molecular formula is C49H54ClFN4O12S. The van der Waals surface area contributed by atoms with E-state index >= 15 is 0 Å². The minimum absolute atomic E-state index is 0.000201. The van der Waals surface area contributed by atoms with Gasteiger partial charge in [0.15, 0.2) is 0 Å². The highest BCUT2D eigenvalue weighted by Gasteiger charge is 2.46. The van der Waals surface area contributed by atoms with E-state index in [2.05, 4.69) is 15.6 Å². The molecule has 1 saturated heterocycles. The lowest BCUT2D eigenvalue weighted by molar-refractivity contribution is -0.136. The van der Waals surface area contributed by atoms with E-state index in [0.717, 1.165) is 39.1 Å². The number of carbonyl (C=O) groups is 5. The van der Waals surface area contributed by atoms with Gasteiger partial charge in [-0.1, -0.05) is 36.8 Å². The number of hydrogen-bond acceptors (Lipinski definition) is 14. The molecule has 0 radical (unpaired) electrons. The third-order valence-electron chi connectivity index (χ3n) is 12.0. The van der Waals surface area contributed by atoms with E-state index in [9.17, 15) is 28.4 Å². The van der Waals surface area contributed by atoms with Gasteiger partial charge in [-0.3, -0.25) is 39.2 Å². The molecule has 1 aliphatic carbocycles. The van der Waals surface area contributed by atoms with Crippen molar-refractivity contribution < 1.29 is 61.5 Å². The minimum Gasteiger partial charge on any atom is -0.490 e. The lowest BCUT2D eigenvalue weighted by Crippen LogP contribution is -2.54. The Bertz CT molecular complexity index is 2480. The minimum atomic E-state index is -1.05. The van der Waals surface area contributed by atoms with Gasteiger partial charge >= 0.3 is 0 Å². The van der Waals surface area contributed by atoms with Gasteiger partial charge in [-0.25, -0.2) is 4.39 Å². The van der Waals surface area contributed by atoms with Crippen LogP contribution in [-0.2, 0) is 38.1 Å². The van der Waals surface area contributed by atoms with Crippen LogP contribution in [0.1, 0.15) is 71.2 Å². The first-order chi connectivity index (χ1) is 33.0. The molecule has 0 spiro atoms. The third kappa shape index (κ3) is 13.0. The predicted molar refractivity (Wildman–Crippen MR) is 252 cm³/mol. The second kappa shape index (κ2) is 24.7. The summed E-state index contributed by atoms with van der Waals surface area (Å²) in [7, 11) is 0. The summed E-state index contributed by atoms with van der Waals surface area (Å²) in [5.74, 6) is -2.37. The molecule has 7 rings (SSSR count). The Morgan fingerprint density at radius 2 is 1.46 bits per heavy atom.